The fraction of sp³-hybridized carbons (Fsp3) is 0.316. The average Bonchev–Trinajstić information content (AvgIpc) is 3.37. The van der Waals surface area contributed by atoms with Crippen LogP contribution in [0.2, 0.25) is 10.0 Å². The van der Waals surface area contributed by atoms with E-state index in [0.717, 1.165) is 0 Å². The topological polar surface area (TPSA) is 92.2 Å². The van der Waals surface area contributed by atoms with E-state index in [4.69, 9.17) is 27.9 Å². The van der Waals surface area contributed by atoms with Gasteiger partial charge in [-0.15, -0.1) is 0 Å². The molecule has 3 heterocycles. The van der Waals surface area contributed by atoms with Crippen LogP contribution in [0.4, 0.5) is 14.5 Å². The summed E-state index contributed by atoms with van der Waals surface area (Å²) in [6, 6.07) is 1.30. The monoisotopic (exact) mass is 471 g/mol. The van der Waals surface area contributed by atoms with Gasteiger partial charge in [0.15, 0.2) is 0 Å². The highest BCUT2D eigenvalue weighted by atomic mass is 35.5. The number of aromatic amines is 1. The van der Waals surface area contributed by atoms with E-state index < -0.39 is 12.3 Å². The summed E-state index contributed by atoms with van der Waals surface area (Å²) in [4.78, 5) is 26.8. The molecule has 0 radical (unpaired) electrons. The Bertz CT molecular complexity index is 1160. The van der Waals surface area contributed by atoms with Crippen molar-refractivity contribution in [2.75, 3.05) is 32.1 Å². The van der Waals surface area contributed by atoms with E-state index in [1.54, 1.807) is 22.8 Å². The SMILES string of the molecule is COCCN1CCn2c(c(-c3cn[nH]c3)c3c(NC(=O)C(F)F)cc(Cl)c(Cl)c32)C1=O. The third kappa shape index (κ3) is 3.64. The first-order valence-corrected chi connectivity index (χ1v) is 10.0. The Morgan fingerprint density at radius 2 is 2.16 bits per heavy atom. The van der Waals surface area contributed by atoms with Crippen LogP contribution < -0.4 is 5.32 Å². The van der Waals surface area contributed by atoms with Crippen LogP contribution in [0.5, 0.6) is 0 Å². The Balaban J connectivity index is 2.02. The van der Waals surface area contributed by atoms with Crippen LogP contribution in [-0.2, 0) is 16.1 Å². The van der Waals surface area contributed by atoms with Crippen LogP contribution in [0.3, 0.4) is 0 Å². The number of methoxy groups -OCH3 is 1. The zero-order valence-corrected chi connectivity index (χ0v) is 17.7. The standard InChI is InChI=1S/C19H17Cl2F2N5O3/c1-31-5-4-27-2-3-28-15-13(12(16(28)19(27)30)9-7-24-25-8-9)11(6-10(20)14(15)21)26-18(29)17(22)23/h6-8,17H,2-5H2,1H3,(H,24,25)(H,26,29). The molecule has 4 rings (SSSR count). The number of amides is 2. The van der Waals surface area contributed by atoms with Crippen LogP contribution in [0.25, 0.3) is 22.0 Å². The van der Waals surface area contributed by atoms with Crippen molar-refractivity contribution in [1.82, 2.24) is 19.7 Å². The van der Waals surface area contributed by atoms with Crippen LogP contribution in [0.15, 0.2) is 18.5 Å². The highest BCUT2D eigenvalue weighted by Crippen LogP contribution is 2.46. The van der Waals surface area contributed by atoms with Gasteiger partial charge in [0, 0.05) is 49.5 Å². The predicted octanol–water partition coefficient (Wildman–Crippen LogP) is 3.64. The number of carbonyl (C=O) groups excluding carboxylic acids is 2. The second kappa shape index (κ2) is 8.45. The summed E-state index contributed by atoms with van der Waals surface area (Å²) in [5, 5.41) is 9.38. The van der Waals surface area contributed by atoms with E-state index in [9.17, 15) is 18.4 Å². The lowest BCUT2D eigenvalue weighted by Gasteiger charge is -2.29. The number of aromatic nitrogens is 3. The number of anilines is 1. The number of nitrogens with one attached hydrogen (secondary N) is 2. The van der Waals surface area contributed by atoms with Gasteiger partial charge in [0.25, 0.3) is 11.8 Å². The van der Waals surface area contributed by atoms with Crippen molar-refractivity contribution in [2.24, 2.45) is 0 Å². The first-order valence-electron chi connectivity index (χ1n) is 9.25. The molecule has 0 fully saturated rings. The summed E-state index contributed by atoms with van der Waals surface area (Å²) in [5.74, 6) is -1.77. The number of ether oxygens (including phenoxy) is 1. The number of halogens is 4. The maximum atomic E-state index is 13.4. The smallest absolute Gasteiger partial charge is 0.315 e. The van der Waals surface area contributed by atoms with Crippen LogP contribution in [0.1, 0.15) is 10.5 Å². The Morgan fingerprint density at radius 3 is 2.81 bits per heavy atom. The number of carbonyl (C=O) groups is 2. The molecular weight excluding hydrogens is 455 g/mol. The summed E-state index contributed by atoms with van der Waals surface area (Å²) in [6.07, 6.45) is -0.165. The number of hydrogen-bond donors (Lipinski definition) is 2. The number of fused-ring (bicyclic) bond motifs is 3. The van der Waals surface area contributed by atoms with Gasteiger partial charge in [0.2, 0.25) is 0 Å². The molecule has 12 heteroatoms. The zero-order chi connectivity index (χ0) is 22.3. The first-order chi connectivity index (χ1) is 14.8. The normalized spacial score (nSPS) is 13.9. The van der Waals surface area contributed by atoms with E-state index in [1.807, 2.05) is 0 Å². The number of rotatable bonds is 6. The molecule has 0 bridgehead atoms. The van der Waals surface area contributed by atoms with Gasteiger partial charge in [-0.2, -0.15) is 13.9 Å². The third-order valence-electron chi connectivity index (χ3n) is 5.11. The maximum absolute atomic E-state index is 13.4. The first kappa shape index (κ1) is 21.5. The average molecular weight is 472 g/mol. The number of nitrogens with zero attached hydrogens (tertiary/aromatic N) is 3. The van der Waals surface area contributed by atoms with E-state index in [-0.39, 0.29) is 21.6 Å². The molecule has 2 N–H and O–H groups in total. The van der Waals surface area contributed by atoms with Crippen molar-refractivity contribution >= 4 is 51.6 Å². The van der Waals surface area contributed by atoms with Crippen LogP contribution >= 0.6 is 23.2 Å². The van der Waals surface area contributed by atoms with Crippen LogP contribution in [0, 0.1) is 0 Å². The molecule has 1 aliphatic heterocycles. The molecule has 0 spiro atoms. The molecule has 1 aliphatic rings. The van der Waals surface area contributed by atoms with Gasteiger partial charge in [-0.05, 0) is 6.07 Å². The lowest BCUT2D eigenvalue weighted by molar-refractivity contribution is -0.126. The second-order valence-electron chi connectivity index (χ2n) is 6.88. The minimum atomic E-state index is -3.23. The van der Waals surface area contributed by atoms with Gasteiger partial charge in [0.1, 0.15) is 5.69 Å². The fourth-order valence-corrected chi connectivity index (χ4v) is 4.22. The fourth-order valence-electron chi connectivity index (χ4n) is 3.77. The molecule has 31 heavy (non-hydrogen) atoms. The van der Waals surface area contributed by atoms with Crippen LogP contribution in [-0.4, -0.2) is 64.7 Å². The molecule has 0 saturated heterocycles. The van der Waals surface area contributed by atoms with Crippen molar-refractivity contribution in [3.8, 4) is 11.1 Å². The molecule has 0 aliphatic carbocycles. The summed E-state index contributed by atoms with van der Waals surface area (Å²) in [5.41, 5.74) is 1.66. The molecule has 8 nitrogen and oxygen atoms in total. The predicted molar refractivity (Wildman–Crippen MR) is 112 cm³/mol. The number of hydrogen-bond acceptors (Lipinski definition) is 4. The van der Waals surface area contributed by atoms with E-state index in [1.165, 1.54) is 12.3 Å². The minimum absolute atomic E-state index is 0.0315. The van der Waals surface area contributed by atoms with Gasteiger partial charge in [0.05, 0.1) is 34.1 Å². The second-order valence-corrected chi connectivity index (χ2v) is 7.67. The molecule has 1 aromatic carbocycles. The Kier molecular flexibility index (Phi) is 5.87. The summed E-state index contributed by atoms with van der Waals surface area (Å²) >= 11 is 12.7. The molecule has 2 amide bonds. The summed E-state index contributed by atoms with van der Waals surface area (Å²) < 4.78 is 32.7. The molecule has 3 aromatic rings. The van der Waals surface area contributed by atoms with Gasteiger partial charge in [-0.25, -0.2) is 0 Å². The largest absolute Gasteiger partial charge is 0.383 e. The van der Waals surface area contributed by atoms with Crippen molar-refractivity contribution in [3.05, 3.63) is 34.2 Å². The number of alkyl halides is 2. The lowest BCUT2D eigenvalue weighted by atomic mass is 10.0. The number of H-pyrrole nitrogens is 1. The van der Waals surface area contributed by atoms with Crippen molar-refractivity contribution in [2.45, 2.75) is 13.0 Å². The summed E-state index contributed by atoms with van der Waals surface area (Å²) in [6.45, 7) is 1.52. The van der Waals surface area contributed by atoms with E-state index >= 15 is 0 Å². The van der Waals surface area contributed by atoms with Gasteiger partial charge in [-0.3, -0.25) is 14.7 Å². The molecule has 164 valence electrons. The lowest BCUT2D eigenvalue weighted by Crippen LogP contribution is -2.42. The van der Waals surface area contributed by atoms with Gasteiger partial charge in [-0.1, -0.05) is 23.2 Å². The Morgan fingerprint density at radius 1 is 1.39 bits per heavy atom. The zero-order valence-electron chi connectivity index (χ0n) is 16.2. The Hall–Kier alpha value is -2.69. The molecule has 2 aromatic heterocycles. The third-order valence-corrected chi connectivity index (χ3v) is 5.89. The van der Waals surface area contributed by atoms with Crippen molar-refractivity contribution in [3.63, 3.8) is 0 Å². The molecular formula is C19H17Cl2F2N5O3. The van der Waals surface area contributed by atoms with E-state index in [2.05, 4.69) is 15.5 Å². The summed E-state index contributed by atoms with van der Waals surface area (Å²) in [7, 11) is 1.54. The minimum Gasteiger partial charge on any atom is -0.383 e. The number of benzene rings is 1. The van der Waals surface area contributed by atoms with Crippen molar-refractivity contribution < 1.29 is 23.1 Å². The molecule has 0 atom stereocenters. The highest BCUT2D eigenvalue weighted by molar-refractivity contribution is 6.46. The van der Waals surface area contributed by atoms with E-state index in [0.29, 0.717) is 54.0 Å². The highest BCUT2D eigenvalue weighted by Gasteiger charge is 2.34. The Labute approximate surface area is 185 Å². The molecule has 0 unspecified atom stereocenters. The quantitative estimate of drug-likeness (QED) is 0.573. The maximum Gasteiger partial charge on any atom is 0.315 e. The van der Waals surface area contributed by atoms with Gasteiger partial charge < -0.3 is 19.5 Å². The van der Waals surface area contributed by atoms with Crippen molar-refractivity contribution in [1.29, 1.82) is 0 Å². The van der Waals surface area contributed by atoms with Gasteiger partial charge >= 0.3 is 6.43 Å². The molecule has 0 saturated carbocycles.